The molecule has 5 heteroatoms. The van der Waals surface area contributed by atoms with Crippen molar-refractivity contribution in [2.24, 2.45) is 0 Å². The number of amides is 2. The van der Waals surface area contributed by atoms with Crippen LogP contribution in [0.25, 0.3) is 0 Å². The Morgan fingerprint density at radius 3 is 2.58 bits per heavy atom. The summed E-state index contributed by atoms with van der Waals surface area (Å²) in [5.74, 6) is -0.751. The number of nitrogens with one attached hydrogen (secondary N) is 2. The summed E-state index contributed by atoms with van der Waals surface area (Å²) < 4.78 is 13.1. The Balaban J connectivity index is 2.43. The van der Waals surface area contributed by atoms with E-state index < -0.39 is 0 Å². The standard InChI is InChI=1S/C14H19FN2O2/c1-9(2)17-13(18)6-7-16-14(19)11-4-5-12(15)10(3)8-11/h4-5,8-9H,6-7H2,1-3H3,(H,16,19)(H,17,18). The summed E-state index contributed by atoms with van der Waals surface area (Å²) in [6, 6.07) is 4.25. The van der Waals surface area contributed by atoms with E-state index in [9.17, 15) is 14.0 Å². The molecule has 0 atom stereocenters. The van der Waals surface area contributed by atoms with Crippen molar-refractivity contribution in [2.45, 2.75) is 33.2 Å². The Labute approximate surface area is 112 Å². The Kier molecular flexibility index (Phi) is 5.48. The van der Waals surface area contributed by atoms with E-state index in [1.54, 1.807) is 6.92 Å². The van der Waals surface area contributed by atoms with Crippen molar-refractivity contribution in [3.05, 3.63) is 35.1 Å². The predicted molar refractivity (Wildman–Crippen MR) is 71.4 cm³/mol. The molecule has 104 valence electrons. The van der Waals surface area contributed by atoms with E-state index in [0.717, 1.165) is 0 Å². The van der Waals surface area contributed by atoms with Crippen LogP contribution in [0.15, 0.2) is 18.2 Å². The Morgan fingerprint density at radius 2 is 2.00 bits per heavy atom. The molecular formula is C14H19FN2O2. The van der Waals surface area contributed by atoms with Gasteiger partial charge in [0.2, 0.25) is 5.91 Å². The van der Waals surface area contributed by atoms with Gasteiger partial charge in [0.15, 0.2) is 0 Å². The van der Waals surface area contributed by atoms with Crippen LogP contribution in [0.5, 0.6) is 0 Å². The van der Waals surface area contributed by atoms with Gasteiger partial charge in [-0.3, -0.25) is 9.59 Å². The van der Waals surface area contributed by atoms with E-state index in [2.05, 4.69) is 10.6 Å². The lowest BCUT2D eigenvalue weighted by Crippen LogP contribution is -2.34. The van der Waals surface area contributed by atoms with E-state index in [0.29, 0.717) is 11.1 Å². The van der Waals surface area contributed by atoms with Crippen LogP contribution in [0, 0.1) is 12.7 Å². The molecule has 0 spiro atoms. The Morgan fingerprint density at radius 1 is 1.32 bits per heavy atom. The fraction of sp³-hybridized carbons (Fsp3) is 0.429. The normalized spacial score (nSPS) is 10.4. The largest absolute Gasteiger partial charge is 0.354 e. The van der Waals surface area contributed by atoms with Gasteiger partial charge >= 0.3 is 0 Å². The van der Waals surface area contributed by atoms with Crippen LogP contribution in [0.4, 0.5) is 4.39 Å². The molecule has 0 radical (unpaired) electrons. The molecule has 0 fully saturated rings. The summed E-state index contributed by atoms with van der Waals surface area (Å²) in [5, 5.41) is 5.36. The van der Waals surface area contributed by atoms with E-state index in [-0.39, 0.29) is 36.6 Å². The molecule has 2 amide bonds. The van der Waals surface area contributed by atoms with Gasteiger partial charge in [0.1, 0.15) is 5.82 Å². The smallest absolute Gasteiger partial charge is 0.251 e. The maximum Gasteiger partial charge on any atom is 0.251 e. The molecule has 4 nitrogen and oxygen atoms in total. The summed E-state index contributed by atoms with van der Waals surface area (Å²) in [7, 11) is 0. The van der Waals surface area contributed by atoms with Crippen LogP contribution in [-0.4, -0.2) is 24.4 Å². The first kappa shape index (κ1) is 15.1. The fourth-order valence-corrected chi connectivity index (χ4v) is 1.57. The molecule has 0 heterocycles. The zero-order valence-electron chi connectivity index (χ0n) is 11.4. The van der Waals surface area contributed by atoms with Gasteiger partial charge in [0.25, 0.3) is 5.91 Å². The summed E-state index contributed by atoms with van der Waals surface area (Å²) in [4.78, 5) is 23.1. The predicted octanol–water partition coefficient (Wildman–Crippen LogP) is 1.78. The minimum atomic E-state index is -0.340. The van der Waals surface area contributed by atoms with Crippen LogP contribution < -0.4 is 10.6 Å². The highest BCUT2D eigenvalue weighted by Crippen LogP contribution is 2.08. The van der Waals surface area contributed by atoms with Crippen LogP contribution in [0.2, 0.25) is 0 Å². The van der Waals surface area contributed by atoms with Gasteiger partial charge in [-0.15, -0.1) is 0 Å². The average molecular weight is 266 g/mol. The molecule has 19 heavy (non-hydrogen) atoms. The van der Waals surface area contributed by atoms with Gasteiger partial charge in [-0.2, -0.15) is 0 Å². The number of carbonyl (C=O) groups is 2. The fourth-order valence-electron chi connectivity index (χ4n) is 1.57. The van der Waals surface area contributed by atoms with Crippen molar-refractivity contribution >= 4 is 11.8 Å². The number of hydrogen-bond donors (Lipinski definition) is 2. The average Bonchev–Trinajstić information content (AvgIpc) is 2.31. The van der Waals surface area contributed by atoms with E-state index in [4.69, 9.17) is 0 Å². The zero-order valence-corrected chi connectivity index (χ0v) is 11.4. The number of aryl methyl sites for hydroxylation is 1. The third-order valence-electron chi connectivity index (χ3n) is 2.51. The van der Waals surface area contributed by atoms with Crippen molar-refractivity contribution in [2.75, 3.05) is 6.54 Å². The van der Waals surface area contributed by atoms with Gasteiger partial charge < -0.3 is 10.6 Å². The van der Waals surface area contributed by atoms with Gasteiger partial charge in [-0.1, -0.05) is 0 Å². The van der Waals surface area contributed by atoms with Gasteiger partial charge in [0, 0.05) is 24.6 Å². The number of halogens is 1. The number of carbonyl (C=O) groups excluding carboxylic acids is 2. The Bertz CT molecular complexity index is 473. The summed E-state index contributed by atoms with van der Waals surface area (Å²) in [6.45, 7) is 5.60. The zero-order chi connectivity index (χ0) is 14.4. The first-order valence-corrected chi connectivity index (χ1v) is 6.24. The maximum atomic E-state index is 13.1. The van der Waals surface area contributed by atoms with Crippen LogP contribution in [0.3, 0.4) is 0 Å². The monoisotopic (exact) mass is 266 g/mol. The first-order valence-electron chi connectivity index (χ1n) is 6.24. The van der Waals surface area contributed by atoms with E-state index in [1.807, 2.05) is 13.8 Å². The molecule has 1 rings (SSSR count). The maximum absolute atomic E-state index is 13.1. The van der Waals surface area contributed by atoms with Gasteiger partial charge in [-0.25, -0.2) is 4.39 Å². The third kappa shape index (κ3) is 5.07. The second-order valence-electron chi connectivity index (χ2n) is 4.69. The molecule has 0 saturated heterocycles. The molecule has 0 unspecified atom stereocenters. The molecule has 0 saturated carbocycles. The molecule has 0 aliphatic heterocycles. The van der Waals surface area contributed by atoms with Gasteiger partial charge in [0.05, 0.1) is 0 Å². The van der Waals surface area contributed by atoms with Crippen molar-refractivity contribution in [3.63, 3.8) is 0 Å². The van der Waals surface area contributed by atoms with Crippen LogP contribution in [0.1, 0.15) is 36.2 Å². The van der Waals surface area contributed by atoms with Crippen molar-refractivity contribution in [3.8, 4) is 0 Å². The van der Waals surface area contributed by atoms with Crippen LogP contribution >= 0.6 is 0 Å². The van der Waals surface area contributed by atoms with Crippen molar-refractivity contribution in [1.82, 2.24) is 10.6 Å². The topological polar surface area (TPSA) is 58.2 Å². The molecule has 2 N–H and O–H groups in total. The number of rotatable bonds is 5. The lowest BCUT2D eigenvalue weighted by Gasteiger charge is -2.09. The molecular weight excluding hydrogens is 247 g/mol. The van der Waals surface area contributed by atoms with E-state index >= 15 is 0 Å². The molecule has 0 aromatic heterocycles. The number of hydrogen-bond acceptors (Lipinski definition) is 2. The highest BCUT2D eigenvalue weighted by atomic mass is 19.1. The van der Waals surface area contributed by atoms with Crippen molar-refractivity contribution in [1.29, 1.82) is 0 Å². The summed E-state index contributed by atoms with van der Waals surface area (Å²) in [5.41, 5.74) is 0.813. The lowest BCUT2D eigenvalue weighted by molar-refractivity contribution is -0.121. The summed E-state index contributed by atoms with van der Waals surface area (Å²) in [6.07, 6.45) is 0.226. The molecule has 1 aromatic carbocycles. The number of benzene rings is 1. The Hall–Kier alpha value is -1.91. The minimum Gasteiger partial charge on any atom is -0.354 e. The third-order valence-corrected chi connectivity index (χ3v) is 2.51. The summed E-state index contributed by atoms with van der Waals surface area (Å²) >= 11 is 0. The van der Waals surface area contributed by atoms with Gasteiger partial charge in [-0.05, 0) is 44.5 Å². The lowest BCUT2D eigenvalue weighted by atomic mass is 10.1. The second-order valence-corrected chi connectivity index (χ2v) is 4.69. The molecule has 0 aliphatic rings. The molecule has 0 aliphatic carbocycles. The quantitative estimate of drug-likeness (QED) is 0.853. The minimum absolute atomic E-state index is 0.0861. The molecule has 1 aromatic rings. The van der Waals surface area contributed by atoms with Crippen LogP contribution in [-0.2, 0) is 4.79 Å². The van der Waals surface area contributed by atoms with E-state index in [1.165, 1.54) is 18.2 Å². The second kappa shape index (κ2) is 6.87. The SMILES string of the molecule is Cc1cc(C(=O)NCCC(=O)NC(C)C)ccc1F. The first-order chi connectivity index (χ1) is 8.90. The highest BCUT2D eigenvalue weighted by Gasteiger charge is 2.08. The highest BCUT2D eigenvalue weighted by molar-refractivity contribution is 5.94. The van der Waals surface area contributed by atoms with Crippen molar-refractivity contribution < 1.29 is 14.0 Å². The molecule has 0 bridgehead atoms.